The van der Waals surface area contributed by atoms with Crippen molar-refractivity contribution < 1.29 is 8.42 Å². The third-order valence-electron chi connectivity index (χ3n) is 2.43. The summed E-state index contributed by atoms with van der Waals surface area (Å²) < 4.78 is 26.5. The Hall–Kier alpha value is -2.00. The molecule has 0 unspecified atom stereocenters. The first kappa shape index (κ1) is 12.5. The first-order valence-corrected chi connectivity index (χ1v) is 6.56. The molecule has 9 heteroatoms. The SMILES string of the molecule is Cc1c(N)cccc1S(=O)(=O)NCc1nn[nH]n1. The van der Waals surface area contributed by atoms with Crippen LogP contribution in [0.5, 0.6) is 0 Å². The summed E-state index contributed by atoms with van der Waals surface area (Å²) in [6.07, 6.45) is 0. The number of nitrogens with two attached hydrogens (primary N) is 1. The highest BCUT2D eigenvalue weighted by Crippen LogP contribution is 2.20. The Balaban J connectivity index is 2.23. The number of sulfonamides is 1. The zero-order valence-electron chi connectivity index (χ0n) is 9.58. The number of anilines is 1. The number of hydrogen-bond donors (Lipinski definition) is 3. The first-order valence-electron chi connectivity index (χ1n) is 5.08. The maximum Gasteiger partial charge on any atom is 0.241 e. The Kier molecular flexibility index (Phi) is 3.26. The molecule has 2 rings (SSSR count). The second-order valence-corrected chi connectivity index (χ2v) is 5.36. The Morgan fingerprint density at radius 1 is 1.44 bits per heavy atom. The normalized spacial score (nSPS) is 11.6. The zero-order valence-corrected chi connectivity index (χ0v) is 10.4. The molecule has 0 fully saturated rings. The van der Waals surface area contributed by atoms with Gasteiger partial charge in [0, 0.05) is 5.69 Å². The van der Waals surface area contributed by atoms with E-state index in [1.807, 2.05) is 0 Å². The van der Waals surface area contributed by atoms with Gasteiger partial charge < -0.3 is 5.73 Å². The molecule has 0 spiro atoms. The van der Waals surface area contributed by atoms with Gasteiger partial charge in [-0.3, -0.25) is 0 Å². The third kappa shape index (κ3) is 2.46. The third-order valence-corrected chi connectivity index (χ3v) is 3.97. The van der Waals surface area contributed by atoms with Gasteiger partial charge in [-0.1, -0.05) is 11.3 Å². The number of aromatic nitrogens is 4. The van der Waals surface area contributed by atoms with Crippen LogP contribution in [-0.2, 0) is 16.6 Å². The van der Waals surface area contributed by atoms with Crippen LogP contribution in [-0.4, -0.2) is 29.0 Å². The summed E-state index contributed by atoms with van der Waals surface area (Å²) in [6, 6.07) is 4.73. The quantitative estimate of drug-likeness (QED) is 0.646. The lowest BCUT2D eigenvalue weighted by Gasteiger charge is -2.09. The number of tetrazole rings is 1. The van der Waals surface area contributed by atoms with E-state index < -0.39 is 10.0 Å². The molecule has 8 nitrogen and oxygen atoms in total. The summed E-state index contributed by atoms with van der Waals surface area (Å²) in [7, 11) is -3.64. The minimum atomic E-state index is -3.64. The maximum absolute atomic E-state index is 12.0. The van der Waals surface area contributed by atoms with E-state index in [-0.39, 0.29) is 17.3 Å². The molecular formula is C9H12N6O2S. The number of benzene rings is 1. The summed E-state index contributed by atoms with van der Waals surface area (Å²) in [5, 5.41) is 12.9. The van der Waals surface area contributed by atoms with Crippen molar-refractivity contribution in [1.82, 2.24) is 25.3 Å². The lowest BCUT2D eigenvalue weighted by molar-refractivity contribution is 0.578. The number of nitrogens with one attached hydrogen (secondary N) is 2. The average molecular weight is 268 g/mol. The molecule has 0 atom stereocenters. The molecule has 0 aliphatic rings. The lowest BCUT2D eigenvalue weighted by Crippen LogP contribution is -2.24. The largest absolute Gasteiger partial charge is 0.398 e. The molecule has 96 valence electrons. The van der Waals surface area contributed by atoms with Crippen molar-refractivity contribution in [3.63, 3.8) is 0 Å². The highest BCUT2D eigenvalue weighted by Gasteiger charge is 2.18. The molecule has 18 heavy (non-hydrogen) atoms. The fourth-order valence-corrected chi connectivity index (χ4v) is 2.67. The molecule has 1 heterocycles. The van der Waals surface area contributed by atoms with Gasteiger partial charge in [-0.05, 0) is 24.6 Å². The predicted molar refractivity (Wildman–Crippen MR) is 63.8 cm³/mol. The molecule has 2 aromatic rings. The van der Waals surface area contributed by atoms with E-state index in [4.69, 9.17) is 5.73 Å². The van der Waals surface area contributed by atoms with E-state index in [9.17, 15) is 8.42 Å². The predicted octanol–water partition coefficient (Wildman–Crippen LogP) is -0.431. The first-order chi connectivity index (χ1) is 8.50. The van der Waals surface area contributed by atoms with Crippen molar-refractivity contribution in [3.8, 4) is 0 Å². The molecule has 4 N–H and O–H groups in total. The van der Waals surface area contributed by atoms with Crippen molar-refractivity contribution in [1.29, 1.82) is 0 Å². The number of hydrogen-bond acceptors (Lipinski definition) is 6. The van der Waals surface area contributed by atoms with Crippen molar-refractivity contribution in [2.45, 2.75) is 18.4 Å². The summed E-state index contributed by atoms with van der Waals surface area (Å²) in [6.45, 7) is 1.62. The van der Waals surface area contributed by atoms with Crippen LogP contribution in [0.3, 0.4) is 0 Å². The topological polar surface area (TPSA) is 127 Å². The van der Waals surface area contributed by atoms with E-state index in [0.29, 0.717) is 11.3 Å². The van der Waals surface area contributed by atoms with Crippen molar-refractivity contribution in [2.75, 3.05) is 5.73 Å². The van der Waals surface area contributed by atoms with Crippen LogP contribution in [0.15, 0.2) is 23.1 Å². The molecule has 0 saturated heterocycles. The van der Waals surface area contributed by atoms with E-state index in [1.165, 1.54) is 6.07 Å². The van der Waals surface area contributed by atoms with Gasteiger partial charge in [0.2, 0.25) is 10.0 Å². The van der Waals surface area contributed by atoms with Crippen molar-refractivity contribution >= 4 is 15.7 Å². The average Bonchev–Trinajstić information content (AvgIpc) is 2.83. The Bertz CT molecular complexity index is 637. The smallest absolute Gasteiger partial charge is 0.241 e. The molecule has 0 saturated carbocycles. The fourth-order valence-electron chi connectivity index (χ4n) is 1.42. The van der Waals surface area contributed by atoms with Gasteiger partial charge in [0.05, 0.1) is 11.4 Å². The summed E-state index contributed by atoms with van der Waals surface area (Å²) in [4.78, 5) is 0.144. The van der Waals surface area contributed by atoms with Crippen molar-refractivity contribution in [3.05, 3.63) is 29.6 Å². The van der Waals surface area contributed by atoms with E-state index in [0.717, 1.165) is 0 Å². The molecule has 0 aliphatic heterocycles. The van der Waals surface area contributed by atoms with Gasteiger partial charge in [0.25, 0.3) is 0 Å². The lowest BCUT2D eigenvalue weighted by atomic mass is 10.2. The van der Waals surface area contributed by atoms with Gasteiger partial charge in [-0.15, -0.1) is 10.2 Å². The number of aromatic amines is 1. The number of nitrogen functional groups attached to an aromatic ring is 1. The molecule has 0 bridgehead atoms. The van der Waals surface area contributed by atoms with Gasteiger partial charge in [-0.2, -0.15) is 5.21 Å². The summed E-state index contributed by atoms with van der Waals surface area (Å²) in [5.74, 6) is 0.264. The van der Waals surface area contributed by atoms with Crippen LogP contribution >= 0.6 is 0 Å². The highest BCUT2D eigenvalue weighted by atomic mass is 32.2. The van der Waals surface area contributed by atoms with Gasteiger partial charge >= 0.3 is 0 Å². The number of rotatable bonds is 4. The molecule has 0 aliphatic carbocycles. The van der Waals surface area contributed by atoms with E-state index in [2.05, 4.69) is 25.3 Å². The molecule has 1 aromatic heterocycles. The van der Waals surface area contributed by atoms with Crippen LogP contribution in [0.4, 0.5) is 5.69 Å². The van der Waals surface area contributed by atoms with Crippen LogP contribution in [0.25, 0.3) is 0 Å². The monoisotopic (exact) mass is 268 g/mol. The molecule has 1 aromatic carbocycles. The zero-order chi connectivity index (χ0) is 13.2. The van der Waals surface area contributed by atoms with Gasteiger partial charge in [-0.25, -0.2) is 13.1 Å². The summed E-state index contributed by atoms with van der Waals surface area (Å²) >= 11 is 0. The Labute approximate surface area is 104 Å². The van der Waals surface area contributed by atoms with Gasteiger partial charge in [0.15, 0.2) is 5.82 Å². The number of nitrogens with zero attached hydrogens (tertiary/aromatic N) is 3. The number of H-pyrrole nitrogens is 1. The molecule has 0 amide bonds. The second kappa shape index (κ2) is 4.70. The fraction of sp³-hybridized carbons (Fsp3) is 0.222. The van der Waals surface area contributed by atoms with Gasteiger partial charge in [0.1, 0.15) is 0 Å². The van der Waals surface area contributed by atoms with Crippen molar-refractivity contribution in [2.24, 2.45) is 0 Å². The maximum atomic E-state index is 12.0. The minimum absolute atomic E-state index is 0.0347. The minimum Gasteiger partial charge on any atom is -0.398 e. The van der Waals surface area contributed by atoms with Crippen LogP contribution in [0.1, 0.15) is 11.4 Å². The second-order valence-electron chi connectivity index (χ2n) is 3.62. The standard InChI is InChI=1S/C9H12N6O2S/c1-6-7(10)3-2-4-8(6)18(16,17)11-5-9-12-14-15-13-9/h2-4,11H,5,10H2,1H3,(H,12,13,14,15). The van der Waals surface area contributed by atoms with E-state index >= 15 is 0 Å². The summed E-state index contributed by atoms with van der Waals surface area (Å²) in [5.41, 5.74) is 6.62. The van der Waals surface area contributed by atoms with Crippen LogP contribution < -0.4 is 10.5 Å². The van der Waals surface area contributed by atoms with Crippen LogP contribution in [0.2, 0.25) is 0 Å². The van der Waals surface area contributed by atoms with Crippen LogP contribution in [0, 0.1) is 6.92 Å². The van der Waals surface area contributed by atoms with E-state index in [1.54, 1.807) is 19.1 Å². The Morgan fingerprint density at radius 3 is 2.89 bits per heavy atom. The molecule has 0 radical (unpaired) electrons. The Morgan fingerprint density at radius 2 is 2.22 bits per heavy atom. The highest BCUT2D eigenvalue weighted by molar-refractivity contribution is 7.89. The molecular weight excluding hydrogens is 256 g/mol.